The molecule has 1 aliphatic carbocycles. The highest BCUT2D eigenvalue weighted by Gasteiger charge is 2.31. The van der Waals surface area contributed by atoms with E-state index in [0.717, 1.165) is 12.8 Å². The van der Waals surface area contributed by atoms with Gasteiger partial charge in [-0.25, -0.2) is 8.78 Å². The fourth-order valence-electron chi connectivity index (χ4n) is 2.03. The van der Waals surface area contributed by atoms with Crippen LogP contribution in [0.15, 0.2) is 24.3 Å². The average Bonchev–Trinajstić information content (AvgIpc) is 3.13. The van der Waals surface area contributed by atoms with Crippen LogP contribution in [0, 0.1) is 24.5 Å². The highest BCUT2D eigenvalue weighted by atomic mass is 32.1. The van der Waals surface area contributed by atoms with Crippen LogP contribution in [0.1, 0.15) is 28.1 Å². The van der Waals surface area contributed by atoms with Crippen molar-refractivity contribution in [1.82, 2.24) is 0 Å². The van der Waals surface area contributed by atoms with Crippen LogP contribution in [0.3, 0.4) is 0 Å². The van der Waals surface area contributed by atoms with Gasteiger partial charge in [-0.15, -0.1) is 11.3 Å². The SMILES string of the molecule is Cc1ccc(F)c(-c2ccc(C(=O)C3CC3)s2)c1F. The predicted molar refractivity (Wildman–Crippen MR) is 71.5 cm³/mol. The molecule has 1 aliphatic rings. The van der Waals surface area contributed by atoms with Crippen LogP contribution in [0.25, 0.3) is 10.4 Å². The lowest BCUT2D eigenvalue weighted by molar-refractivity contribution is 0.0971. The van der Waals surface area contributed by atoms with Gasteiger partial charge in [-0.2, -0.15) is 0 Å². The third-order valence-electron chi connectivity index (χ3n) is 3.33. The van der Waals surface area contributed by atoms with Crippen LogP contribution in [0.4, 0.5) is 8.78 Å². The maximum Gasteiger partial charge on any atom is 0.175 e. The topological polar surface area (TPSA) is 17.1 Å². The van der Waals surface area contributed by atoms with Crippen LogP contribution < -0.4 is 0 Å². The standard InChI is InChI=1S/C15H12F2OS/c1-8-2-5-10(16)13(14(8)17)11-6-7-12(19-11)15(18)9-3-4-9/h2,5-7,9H,3-4H2,1H3. The van der Waals surface area contributed by atoms with Crippen molar-refractivity contribution in [3.63, 3.8) is 0 Å². The van der Waals surface area contributed by atoms with Crippen molar-refractivity contribution in [3.8, 4) is 10.4 Å². The summed E-state index contributed by atoms with van der Waals surface area (Å²) in [5.41, 5.74) is 0.375. The van der Waals surface area contributed by atoms with E-state index in [1.165, 1.54) is 23.5 Å². The number of carbonyl (C=O) groups excluding carboxylic acids is 1. The molecule has 1 fully saturated rings. The average molecular weight is 278 g/mol. The molecule has 0 unspecified atom stereocenters. The Balaban J connectivity index is 2.03. The van der Waals surface area contributed by atoms with Gasteiger partial charge in [0.15, 0.2) is 5.78 Å². The van der Waals surface area contributed by atoms with Gasteiger partial charge in [0.2, 0.25) is 0 Å². The van der Waals surface area contributed by atoms with Crippen LogP contribution in [0.5, 0.6) is 0 Å². The minimum atomic E-state index is -0.588. The Morgan fingerprint density at radius 1 is 1.21 bits per heavy atom. The summed E-state index contributed by atoms with van der Waals surface area (Å²) in [6.45, 7) is 1.60. The van der Waals surface area contributed by atoms with E-state index in [4.69, 9.17) is 0 Å². The Bertz CT molecular complexity index is 656. The van der Waals surface area contributed by atoms with Crippen molar-refractivity contribution in [2.75, 3.05) is 0 Å². The molecule has 4 heteroatoms. The van der Waals surface area contributed by atoms with Gasteiger partial charge in [-0.3, -0.25) is 4.79 Å². The molecule has 2 aromatic rings. The molecule has 0 radical (unpaired) electrons. The Morgan fingerprint density at radius 2 is 1.95 bits per heavy atom. The summed E-state index contributed by atoms with van der Waals surface area (Å²) >= 11 is 1.17. The third kappa shape index (κ3) is 2.21. The molecule has 0 saturated heterocycles. The van der Waals surface area contributed by atoms with Crippen LogP contribution in [0.2, 0.25) is 0 Å². The summed E-state index contributed by atoms with van der Waals surface area (Å²) in [7, 11) is 0. The van der Waals surface area contributed by atoms with Crippen molar-refractivity contribution in [3.05, 3.63) is 46.3 Å². The van der Waals surface area contributed by atoms with E-state index >= 15 is 0 Å². The summed E-state index contributed by atoms with van der Waals surface area (Å²) < 4.78 is 27.8. The van der Waals surface area contributed by atoms with E-state index in [2.05, 4.69) is 0 Å². The third-order valence-corrected chi connectivity index (χ3v) is 4.44. The number of hydrogen-bond acceptors (Lipinski definition) is 2. The minimum absolute atomic E-state index is 0.0279. The van der Waals surface area contributed by atoms with Gasteiger partial charge in [-0.05, 0) is 43.5 Å². The zero-order chi connectivity index (χ0) is 13.6. The smallest absolute Gasteiger partial charge is 0.175 e. The summed E-state index contributed by atoms with van der Waals surface area (Å²) in [6.07, 6.45) is 1.86. The second-order valence-electron chi connectivity index (χ2n) is 4.86. The number of aryl methyl sites for hydroxylation is 1. The molecule has 0 N–H and O–H groups in total. The van der Waals surface area contributed by atoms with Gasteiger partial charge in [0.05, 0.1) is 10.4 Å². The van der Waals surface area contributed by atoms with E-state index in [0.29, 0.717) is 15.3 Å². The zero-order valence-electron chi connectivity index (χ0n) is 10.4. The van der Waals surface area contributed by atoms with Crippen molar-refractivity contribution in [1.29, 1.82) is 0 Å². The summed E-state index contributed by atoms with van der Waals surface area (Å²) in [6, 6.07) is 5.97. The zero-order valence-corrected chi connectivity index (χ0v) is 11.2. The quantitative estimate of drug-likeness (QED) is 0.750. The highest BCUT2D eigenvalue weighted by molar-refractivity contribution is 7.17. The van der Waals surface area contributed by atoms with Gasteiger partial charge < -0.3 is 0 Å². The molecule has 1 heterocycles. The van der Waals surface area contributed by atoms with Gasteiger partial charge in [-0.1, -0.05) is 6.07 Å². The highest BCUT2D eigenvalue weighted by Crippen LogP contribution is 2.38. The van der Waals surface area contributed by atoms with E-state index < -0.39 is 11.6 Å². The van der Waals surface area contributed by atoms with E-state index in [-0.39, 0.29) is 17.3 Å². The molecule has 0 atom stereocenters. The van der Waals surface area contributed by atoms with Gasteiger partial charge in [0.1, 0.15) is 11.6 Å². The molecular formula is C15H12F2OS. The number of hydrogen-bond donors (Lipinski definition) is 0. The van der Waals surface area contributed by atoms with Gasteiger partial charge in [0, 0.05) is 10.8 Å². The lowest BCUT2D eigenvalue weighted by atomic mass is 10.1. The molecule has 1 nitrogen and oxygen atoms in total. The largest absolute Gasteiger partial charge is 0.293 e. The maximum absolute atomic E-state index is 14.0. The summed E-state index contributed by atoms with van der Waals surface area (Å²) in [4.78, 5) is 13.0. The van der Waals surface area contributed by atoms with Crippen LogP contribution in [-0.4, -0.2) is 5.78 Å². The molecule has 0 spiro atoms. The lowest BCUT2D eigenvalue weighted by Gasteiger charge is -2.04. The Kier molecular flexibility index (Phi) is 2.97. The molecule has 0 bridgehead atoms. The number of ketones is 1. The summed E-state index contributed by atoms with van der Waals surface area (Å²) in [5.74, 6) is -0.911. The lowest BCUT2D eigenvalue weighted by Crippen LogP contribution is -1.96. The molecule has 1 saturated carbocycles. The van der Waals surface area contributed by atoms with E-state index in [1.54, 1.807) is 19.1 Å². The molecule has 0 aliphatic heterocycles. The van der Waals surface area contributed by atoms with Crippen molar-refractivity contribution < 1.29 is 13.6 Å². The number of halogens is 2. The number of thiophene rings is 1. The maximum atomic E-state index is 14.0. The van der Waals surface area contributed by atoms with Gasteiger partial charge in [0.25, 0.3) is 0 Å². The molecule has 19 heavy (non-hydrogen) atoms. The Hall–Kier alpha value is -1.55. The number of Topliss-reactive ketones (excluding diaryl/α,β-unsaturated/α-hetero) is 1. The number of rotatable bonds is 3. The first-order valence-corrected chi connectivity index (χ1v) is 6.98. The Labute approximate surface area is 113 Å². The molecule has 98 valence electrons. The second-order valence-corrected chi connectivity index (χ2v) is 5.94. The van der Waals surface area contributed by atoms with E-state index in [1.807, 2.05) is 0 Å². The minimum Gasteiger partial charge on any atom is -0.293 e. The first-order valence-electron chi connectivity index (χ1n) is 6.17. The molecular weight excluding hydrogens is 266 g/mol. The molecule has 1 aromatic carbocycles. The molecule has 1 aromatic heterocycles. The first kappa shape index (κ1) is 12.5. The second kappa shape index (κ2) is 4.53. The van der Waals surface area contributed by atoms with Crippen LogP contribution >= 0.6 is 11.3 Å². The fourth-order valence-corrected chi connectivity index (χ4v) is 3.10. The molecule has 0 amide bonds. The van der Waals surface area contributed by atoms with Gasteiger partial charge >= 0.3 is 0 Å². The number of benzene rings is 1. The molecule has 3 rings (SSSR count). The Morgan fingerprint density at radius 3 is 2.63 bits per heavy atom. The normalized spacial score (nSPS) is 14.7. The van der Waals surface area contributed by atoms with Crippen molar-refractivity contribution in [2.24, 2.45) is 5.92 Å². The first-order chi connectivity index (χ1) is 9.08. The fraction of sp³-hybridized carbons (Fsp3) is 0.267. The van der Waals surface area contributed by atoms with Crippen LogP contribution in [-0.2, 0) is 0 Å². The monoisotopic (exact) mass is 278 g/mol. The predicted octanol–water partition coefficient (Wildman–Crippen LogP) is 4.59. The number of carbonyl (C=O) groups is 1. The van der Waals surface area contributed by atoms with E-state index in [9.17, 15) is 13.6 Å². The summed E-state index contributed by atoms with van der Waals surface area (Å²) in [5, 5.41) is 0. The van der Waals surface area contributed by atoms with Crippen molar-refractivity contribution in [2.45, 2.75) is 19.8 Å². The van der Waals surface area contributed by atoms with Crippen molar-refractivity contribution >= 4 is 17.1 Å².